The van der Waals surface area contributed by atoms with Crippen LogP contribution in [0.15, 0.2) is 30.3 Å². The predicted molar refractivity (Wildman–Crippen MR) is 119 cm³/mol. The molecule has 6 rings (SSSR count). The average Bonchev–Trinajstić information content (AvgIpc) is 3.07. The molecule has 2 N–H and O–H groups in total. The van der Waals surface area contributed by atoms with Crippen LogP contribution in [0.25, 0.3) is 0 Å². The van der Waals surface area contributed by atoms with E-state index in [9.17, 15) is 19.1 Å². The highest BCUT2D eigenvalue weighted by Gasteiger charge is 2.55. The van der Waals surface area contributed by atoms with E-state index in [1.165, 1.54) is 12.1 Å². The third kappa shape index (κ3) is 3.40. The number of hydrogen-bond acceptors (Lipinski definition) is 3. The molecule has 4 bridgehead atoms. The van der Waals surface area contributed by atoms with E-state index in [4.69, 9.17) is 0 Å². The monoisotopic (exact) mass is 438 g/mol. The number of rotatable bonds is 5. The van der Waals surface area contributed by atoms with Crippen LogP contribution in [-0.4, -0.2) is 33.0 Å². The number of ketones is 1. The fourth-order valence-corrected chi connectivity index (χ4v) is 6.79. The molecule has 1 heterocycles. The van der Waals surface area contributed by atoms with E-state index in [2.05, 4.69) is 5.32 Å². The smallest absolute Gasteiger partial charge is 0.268 e. The highest BCUT2D eigenvalue weighted by molar-refractivity contribution is 6.09. The lowest BCUT2D eigenvalue weighted by Crippen LogP contribution is -2.61. The molecule has 4 saturated carbocycles. The Morgan fingerprint density at radius 1 is 1.16 bits per heavy atom. The van der Waals surface area contributed by atoms with Crippen LogP contribution in [0.2, 0.25) is 0 Å². The molecule has 4 aliphatic carbocycles. The van der Waals surface area contributed by atoms with Gasteiger partial charge >= 0.3 is 0 Å². The Labute approximate surface area is 188 Å². The standard InChI is InChI=1S/C26H31FN2O3/c1-14(2)19-10-21(24(30)18-6-4-5-7-20(18)27)29(3)23(19)25(31)28-22-16-8-15-9-17(22)13-26(32,11-15)12-16/h4-7,10,14-17,22,32H,8-9,11-13H2,1-3H3,(H,28,31). The van der Waals surface area contributed by atoms with Gasteiger partial charge in [0.15, 0.2) is 0 Å². The molecule has 0 saturated heterocycles. The summed E-state index contributed by atoms with van der Waals surface area (Å²) in [4.78, 5) is 26.6. The number of nitrogens with zero attached hydrogens (tertiary/aromatic N) is 1. The average molecular weight is 439 g/mol. The number of nitrogens with one attached hydrogen (secondary N) is 1. The van der Waals surface area contributed by atoms with E-state index in [0.717, 1.165) is 37.7 Å². The van der Waals surface area contributed by atoms with Gasteiger partial charge in [-0.1, -0.05) is 26.0 Å². The molecule has 2 unspecified atom stereocenters. The van der Waals surface area contributed by atoms with Crippen LogP contribution in [0.3, 0.4) is 0 Å². The number of hydrogen-bond donors (Lipinski definition) is 2. The maximum Gasteiger partial charge on any atom is 0.268 e. The molecule has 1 aromatic heterocycles. The number of halogens is 1. The number of benzene rings is 1. The third-order valence-corrected chi connectivity index (χ3v) is 7.99. The van der Waals surface area contributed by atoms with E-state index in [0.29, 0.717) is 29.1 Å². The van der Waals surface area contributed by atoms with Crippen molar-refractivity contribution in [2.45, 2.75) is 63.5 Å². The van der Waals surface area contributed by atoms with Gasteiger partial charge in [-0.15, -0.1) is 0 Å². The lowest BCUT2D eigenvalue weighted by Gasteiger charge is -2.58. The first-order valence-corrected chi connectivity index (χ1v) is 11.7. The van der Waals surface area contributed by atoms with Gasteiger partial charge in [-0.25, -0.2) is 4.39 Å². The molecule has 4 aliphatic rings. The van der Waals surface area contributed by atoms with Gasteiger partial charge in [-0.2, -0.15) is 0 Å². The highest BCUT2D eigenvalue weighted by atomic mass is 19.1. The van der Waals surface area contributed by atoms with Crippen LogP contribution in [-0.2, 0) is 7.05 Å². The molecule has 0 radical (unpaired) electrons. The molecule has 32 heavy (non-hydrogen) atoms. The van der Waals surface area contributed by atoms with Gasteiger partial charge in [0.25, 0.3) is 5.91 Å². The lowest BCUT2D eigenvalue weighted by atomic mass is 9.52. The van der Waals surface area contributed by atoms with Crippen molar-refractivity contribution in [3.8, 4) is 0 Å². The number of aromatic nitrogens is 1. The third-order valence-electron chi connectivity index (χ3n) is 7.99. The number of carbonyl (C=O) groups is 2. The van der Waals surface area contributed by atoms with Crippen LogP contribution in [0.1, 0.15) is 84.0 Å². The first-order valence-electron chi connectivity index (χ1n) is 11.7. The first-order chi connectivity index (χ1) is 15.2. The van der Waals surface area contributed by atoms with E-state index in [1.54, 1.807) is 29.8 Å². The maximum absolute atomic E-state index is 14.3. The summed E-state index contributed by atoms with van der Waals surface area (Å²) in [5.74, 6) is 0.0224. The second-order valence-corrected chi connectivity index (χ2v) is 10.5. The van der Waals surface area contributed by atoms with Gasteiger partial charge in [0, 0.05) is 13.1 Å². The van der Waals surface area contributed by atoms with Gasteiger partial charge in [-0.3, -0.25) is 9.59 Å². The molecule has 170 valence electrons. The van der Waals surface area contributed by atoms with Crippen molar-refractivity contribution < 1.29 is 19.1 Å². The molecule has 1 amide bonds. The Balaban J connectivity index is 1.45. The zero-order chi connectivity index (χ0) is 22.8. The molecule has 6 heteroatoms. The summed E-state index contributed by atoms with van der Waals surface area (Å²) >= 11 is 0. The van der Waals surface area contributed by atoms with Crippen LogP contribution in [0.5, 0.6) is 0 Å². The summed E-state index contributed by atoms with van der Waals surface area (Å²) in [7, 11) is 1.70. The molecular formula is C26H31FN2O3. The van der Waals surface area contributed by atoms with Crippen LogP contribution in [0.4, 0.5) is 4.39 Å². The minimum Gasteiger partial charge on any atom is -0.390 e. The summed E-state index contributed by atoms with van der Waals surface area (Å²) < 4.78 is 15.9. The molecule has 4 fully saturated rings. The molecule has 1 aromatic carbocycles. The Bertz CT molecular complexity index is 1070. The van der Waals surface area contributed by atoms with Gasteiger partial charge in [-0.05, 0) is 79.5 Å². The van der Waals surface area contributed by atoms with Crippen molar-refractivity contribution in [1.82, 2.24) is 9.88 Å². The van der Waals surface area contributed by atoms with E-state index in [-0.39, 0.29) is 23.4 Å². The van der Waals surface area contributed by atoms with Gasteiger partial charge in [0.2, 0.25) is 5.78 Å². The largest absolute Gasteiger partial charge is 0.390 e. The Kier molecular flexibility index (Phi) is 5.04. The van der Waals surface area contributed by atoms with Crippen molar-refractivity contribution in [3.05, 3.63) is 58.7 Å². The van der Waals surface area contributed by atoms with Crippen LogP contribution in [0, 0.1) is 23.6 Å². The van der Waals surface area contributed by atoms with E-state index < -0.39 is 17.2 Å². The summed E-state index contributed by atoms with van der Waals surface area (Å²) in [6, 6.07) is 7.72. The normalized spacial score (nSPS) is 30.7. The maximum atomic E-state index is 14.3. The zero-order valence-corrected chi connectivity index (χ0v) is 18.9. The summed E-state index contributed by atoms with van der Waals surface area (Å²) in [6.45, 7) is 3.98. The lowest BCUT2D eigenvalue weighted by molar-refractivity contribution is -0.137. The molecule has 0 aliphatic heterocycles. The van der Waals surface area contributed by atoms with Crippen LogP contribution >= 0.6 is 0 Å². The van der Waals surface area contributed by atoms with Gasteiger partial charge < -0.3 is 15.0 Å². The number of aliphatic hydroxyl groups is 1. The second-order valence-electron chi connectivity index (χ2n) is 10.5. The van der Waals surface area contributed by atoms with Crippen molar-refractivity contribution in [3.63, 3.8) is 0 Å². The molecular weight excluding hydrogens is 407 g/mol. The second kappa shape index (κ2) is 7.55. The van der Waals surface area contributed by atoms with Crippen LogP contribution < -0.4 is 5.32 Å². The molecule has 5 nitrogen and oxygen atoms in total. The van der Waals surface area contributed by atoms with Gasteiger partial charge in [0.05, 0.1) is 16.9 Å². The first kappa shape index (κ1) is 21.4. The highest BCUT2D eigenvalue weighted by Crippen LogP contribution is 2.55. The molecule has 2 aromatic rings. The Morgan fingerprint density at radius 2 is 1.81 bits per heavy atom. The summed E-state index contributed by atoms with van der Waals surface area (Å²) in [5.41, 5.74) is 1.01. The number of carbonyl (C=O) groups excluding carboxylic acids is 2. The minimum absolute atomic E-state index is 0.00430. The Morgan fingerprint density at radius 3 is 2.41 bits per heavy atom. The molecule has 0 spiro atoms. The van der Waals surface area contributed by atoms with Crippen molar-refractivity contribution in [1.29, 1.82) is 0 Å². The number of amides is 1. The van der Waals surface area contributed by atoms with E-state index in [1.807, 2.05) is 13.8 Å². The Hall–Kier alpha value is -2.47. The van der Waals surface area contributed by atoms with Gasteiger partial charge in [0.1, 0.15) is 11.5 Å². The minimum atomic E-state index is -0.567. The van der Waals surface area contributed by atoms with E-state index >= 15 is 0 Å². The summed E-state index contributed by atoms with van der Waals surface area (Å²) in [6.07, 6.45) is 4.53. The fraction of sp³-hybridized carbons (Fsp3) is 0.538. The van der Waals surface area contributed by atoms with Crippen molar-refractivity contribution in [2.24, 2.45) is 24.8 Å². The topological polar surface area (TPSA) is 71.3 Å². The summed E-state index contributed by atoms with van der Waals surface area (Å²) in [5, 5.41) is 14.1. The predicted octanol–water partition coefficient (Wildman–Crippen LogP) is 4.19. The SMILES string of the molecule is CC(C)c1cc(C(=O)c2ccccc2F)n(C)c1C(=O)NC1C2CC3CC1CC(O)(C3)C2. The zero-order valence-electron chi connectivity index (χ0n) is 18.9. The quantitative estimate of drug-likeness (QED) is 0.688. The molecule has 2 atom stereocenters. The fourth-order valence-electron chi connectivity index (χ4n) is 6.79. The van der Waals surface area contributed by atoms with Crippen molar-refractivity contribution in [2.75, 3.05) is 0 Å². The van der Waals surface area contributed by atoms with Crippen molar-refractivity contribution >= 4 is 11.7 Å².